The molecule has 3 N–H and O–H groups in total. The predicted molar refractivity (Wildman–Crippen MR) is 219 cm³/mol. The largest absolute Gasteiger partial charge is 0.457 e. The van der Waals surface area contributed by atoms with Crippen molar-refractivity contribution in [3.05, 3.63) is 90.3 Å². The molecule has 4 fully saturated rings. The average molecular weight is 796 g/mol. The first-order chi connectivity index (χ1) is 28.8. The molecule has 1 atom stereocenters. The number of likely N-dealkylation sites (tertiary alicyclic amines) is 2. The van der Waals surface area contributed by atoms with Crippen molar-refractivity contribution < 1.29 is 23.9 Å². The number of rotatable bonds is 7. The third kappa shape index (κ3) is 6.86. The fourth-order valence-corrected chi connectivity index (χ4v) is 9.20. The molecule has 0 unspecified atom stereocenters. The minimum Gasteiger partial charge on any atom is -0.457 e. The summed E-state index contributed by atoms with van der Waals surface area (Å²) in [6.45, 7) is 6.51. The summed E-state index contributed by atoms with van der Waals surface area (Å²) in [5.74, 6) is 1.01. The van der Waals surface area contributed by atoms with E-state index in [0.717, 1.165) is 78.4 Å². The molecule has 4 saturated heterocycles. The zero-order valence-corrected chi connectivity index (χ0v) is 32.6. The van der Waals surface area contributed by atoms with Gasteiger partial charge in [-0.15, -0.1) is 0 Å². The summed E-state index contributed by atoms with van der Waals surface area (Å²) in [7, 11) is 0. The highest BCUT2D eigenvalue weighted by atomic mass is 16.5. The molecule has 3 aromatic carbocycles. The Morgan fingerprint density at radius 2 is 1.54 bits per heavy atom. The van der Waals surface area contributed by atoms with Crippen molar-refractivity contribution in [3.63, 3.8) is 0 Å². The minimum absolute atomic E-state index is 0.0566. The molecule has 2 aromatic heterocycles. The number of nitrogens with one attached hydrogen (secondary N) is 1. The van der Waals surface area contributed by atoms with Crippen molar-refractivity contribution in [1.82, 2.24) is 44.7 Å². The van der Waals surface area contributed by atoms with Crippen molar-refractivity contribution in [2.24, 2.45) is 0 Å². The molecule has 5 aliphatic rings. The number of carbonyl (C=O) groups is 4. The molecule has 5 amide bonds. The van der Waals surface area contributed by atoms with Crippen LogP contribution in [0, 0.1) is 0 Å². The van der Waals surface area contributed by atoms with Gasteiger partial charge in [-0.3, -0.25) is 24.6 Å². The van der Waals surface area contributed by atoms with Gasteiger partial charge in [0.15, 0.2) is 5.65 Å². The summed E-state index contributed by atoms with van der Waals surface area (Å²) in [5, 5.41) is 8.14. The number of nitrogens with two attached hydrogens (primary N) is 1. The van der Waals surface area contributed by atoms with Crippen LogP contribution in [0.3, 0.4) is 0 Å². The molecule has 10 rings (SSSR count). The third-order valence-electron chi connectivity index (χ3n) is 12.5. The summed E-state index contributed by atoms with van der Waals surface area (Å²) in [6.07, 6.45) is 3.57. The summed E-state index contributed by atoms with van der Waals surface area (Å²) in [5.41, 5.74) is 11.3. The molecule has 59 heavy (non-hydrogen) atoms. The Morgan fingerprint density at radius 1 is 0.797 bits per heavy atom. The number of aromatic nitrogens is 4. The van der Waals surface area contributed by atoms with Crippen molar-refractivity contribution in [3.8, 4) is 22.8 Å². The van der Waals surface area contributed by atoms with Crippen LogP contribution in [-0.4, -0.2) is 128 Å². The Balaban J connectivity index is 0.717. The van der Waals surface area contributed by atoms with Crippen LogP contribution < -0.4 is 20.7 Å². The van der Waals surface area contributed by atoms with Gasteiger partial charge in [-0.1, -0.05) is 18.2 Å². The second-order valence-electron chi connectivity index (χ2n) is 16.0. The van der Waals surface area contributed by atoms with Gasteiger partial charge in [0, 0.05) is 88.2 Å². The van der Waals surface area contributed by atoms with Crippen LogP contribution in [0.2, 0.25) is 0 Å². The van der Waals surface area contributed by atoms with Crippen molar-refractivity contribution in [2.45, 2.75) is 50.4 Å². The van der Waals surface area contributed by atoms with Crippen LogP contribution in [0.1, 0.15) is 47.6 Å². The summed E-state index contributed by atoms with van der Waals surface area (Å²) in [4.78, 5) is 70.1. The molecule has 0 spiro atoms. The lowest BCUT2D eigenvalue weighted by Crippen LogP contribution is -2.66. The molecular weight excluding hydrogens is 751 g/mol. The van der Waals surface area contributed by atoms with Crippen molar-refractivity contribution >= 4 is 46.3 Å². The Hall–Kier alpha value is -6.55. The zero-order chi connectivity index (χ0) is 40.2. The fourth-order valence-electron chi connectivity index (χ4n) is 9.20. The highest BCUT2D eigenvalue weighted by Crippen LogP contribution is 2.36. The number of hydrogen-bond acceptors (Lipinski definition) is 11. The summed E-state index contributed by atoms with van der Waals surface area (Å²) < 4.78 is 7.96. The lowest BCUT2D eigenvalue weighted by molar-refractivity contribution is -0.136. The Kier molecular flexibility index (Phi) is 9.34. The summed E-state index contributed by atoms with van der Waals surface area (Å²) >= 11 is 0. The number of fused-ring (bicyclic) bond motifs is 2. The lowest BCUT2D eigenvalue weighted by atomic mass is 10.0. The predicted octanol–water partition coefficient (Wildman–Crippen LogP) is 3.89. The first-order valence-electron chi connectivity index (χ1n) is 20.4. The van der Waals surface area contributed by atoms with Gasteiger partial charge in [0.05, 0.1) is 11.4 Å². The quantitative estimate of drug-likeness (QED) is 0.229. The number of benzene rings is 3. The van der Waals surface area contributed by atoms with E-state index in [1.54, 1.807) is 4.90 Å². The number of para-hydroxylation sites is 1. The number of hydrogen-bond donors (Lipinski definition) is 2. The van der Waals surface area contributed by atoms with Gasteiger partial charge in [0.1, 0.15) is 35.4 Å². The number of nitrogens with zero attached hydrogens (tertiary/aromatic N) is 9. The van der Waals surface area contributed by atoms with Gasteiger partial charge in [-0.05, 0) is 79.4 Å². The Morgan fingerprint density at radius 3 is 2.29 bits per heavy atom. The number of amides is 5. The van der Waals surface area contributed by atoms with E-state index in [-0.39, 0.29) is 30.3 Å². The van der Waals surface area contributed by atoms with Crippen LogP contribution >= 0.6 is 0 Å². The van der Waals surface area contributed by atoms with E-state index in [2.05, 4.69) is 31.2 Å². The number of carbonyl (C=O) groups excluding carboxylic acids is 4. The molecule has 0 aliphatic carbocycles. The van der Waals surface area contributed by atoms with Crippen LogP contribution in [-0.2, 0) is 16.1 Å². The normalized spacial score (nSPS) is 20.5. The molecule has 0 bridgehead atoms. The topological polar surface area (TPSA) is 175 Å². The molecule has 302 valence electrons. The van der Waals surface area contributed by atoms with Crippen LogP contribution in [0.5, 0.6) is 11.5 Å². The molecule has 16 heteroatoms. The Labute approximate surface area is 340 Å². The van der Waals surface area contributed by atoms with Gasteiger partial charge in [0.2, 0.25) is 11.8 Å². The van der Waals surface area contributed by atoms with E-state index < -0.39 is 11.9 Å². The molecule has 7 heterocycles. The van der Waals surface area contributed by atoms with Crippen LogP contribution in [0.15, 0.2) is 79.1 Å². The standard InChI is InChI=1S/C43H45N11O5/c44-39-37-38(27-6-9-33(10-7-27)59-32-4-2-1-3-5-32)48-54(40(37)46-26-45-39)29-14-16-51(17-15-29)43(58)52-24-31(25-52)50-20-18-49(19-21-50)30-8-11-34-28(22-30)23-53(42(34)57)35-12-13-36(55)47-41(35)56/h1-11,22,26,29,31,35H,12-21,23-25H2,(H2,44,45,46)(H,47,55,56)/t35-/m1/s1. The highest BCUT2D eigenvalue weighted by Gasteiger charge is 2.41. The smallest absolute Gasteiger partial charge is 0.320 e. The number of piperidine rings is 2. The number of ether oxygens (including phenoxy) is 1. The van der Waals surface area contributed by atoms with Gasteiger partial charge in [-0.2, -0.15) is 5.10 Å². The van der Waals surface area contributed by atoms with Gasteiger partial charge in [0.25, 0.3) is 5.91 Å². The number of nitrogen functional groups attached to an aromatic ring is 1. The van der Waals surface area contributed by atoms with E-state index in [4.69, 9.17) is 15.6 Å². The van der Waals surface area contributed by atoms with Gasteiger partial charge < -0.3 is 30.1 Å². The first-order valence-corrected chi connectivity index (χ1v) is 20.4. The number of imide groups is 1. The molecule has 5 aromatic rings. The fraction of sp³-hybridized carbons (Fsp3) is 0.372. The maximum absolute atomic E-state index is 13.6. The Bertz CT molecular complexity index is 2440. The van der Waals surface area contributed by atoms with E-state index >= 15 is 0 Å². The molecule has 5 aliphatic heterocycles. The van der Waals surface area contributed by atoms with E-state index in [1.165, 1.54) is 6.33 Å². The van der Waals surface area contributed by atoms with Crippen LogP contribution in [0.4, 0.5) is 16.3 Å². The number of urea groups is 1. The van der Waals surface area contributed by atoms with E-state index in [9.17, 15) is 19.2 Å². The minimum atomic E-state index is -0.620. The second-order valence-corrected chi connectivity index (χ2v) is 16.0. The molecule has 0 radical (unpaired) electrons. The van der Waals surface area contributed by atoms with Crippen molar-refractivity contribution in [1.29, 1.82) is 0 Å². The zero-order valence-electron chi connectivity index (χ0n) is 32.6. The maximum atomic E-state index is 13.6. The van der Waals surface area contributed by atoms with Crippen molar-refractivity contribution in [2.75, 3.05) is 63.0 Å². The SMILES string of the molecule is Nc1ncnc2c1c(-c1ccc(Oc3ccccc3)cc1)nn2C1CCN(C(=O)N2CC(N3CCN(c4ccc5c(c4)CN([C@@H]4CCC(=O)NC4=O)C5=O)CC3)C2)CC1. The van der Waals surface area contributed by atoms with E-state index in [0.29, 0.717) is 62.2 Å². The third-order valence-corrected chi connectivity index (χ3v) is 12.5. The van der Waals surface area contributed by atoms with E-state index in [1.807, 2.05) is 81.2 Å². The average Bonchev–Trinajstić information content (AvgIpc) is 3.79. The number of anilines is 2. The first kappa shape index (κ1) is 36.8. The van der Waals surface area contributed by atoms with Gasteiger partial charge in [-0.25, -0.2) is 19.4 Å². The maximum Gasteiger partial charge on any atom is 0.320 e. The number of piperazine rings is 1. The second kappa shape index (κ2) is 15.0. The van der Waals surface area contributed by atoms with Crippen LogP contribution in [0.25, 0.3) is 22.3 Å². The summed E-state index contributed by atoms with van der Waals surface area (Å²) in [6, 6.07) is 23.2. The van der Waals surface area contributed by atoms with Gasteiger partial charge >= 0.3 is 6.03 Å². The molecule has 0 saturated carbocycles. The monoisotopic (exact) mass is 795 g/mol. The molecule has 16 nitrogen and oxygen atoms in total. The highest BCUT2D eigenvalue weighted by molar-refractivity contribution is 6.05. The lowest BCUT2D eigenvalue weighted by Gasteiger charge is -2.49. The molecular formula is C43H45N11O5.